The van der Waals surface area contributed by atoms with Gasteiger partial charge in [0, 0.05) is 43.0 Å². The van der Waals surface area contributed by atoms with Gasteiger partial charge >= 0.3 is 0 Å². The zero-order chi connectivity index (χ0) is 18.0. The number of likely N-dealkylation sites (N-methyl/N-ethyl adjacent to an activating group) is 1. The molecule has 0 aliphatic heterocycles. The van der Waals surface area contributed by atoms with Gasteiger partial charge < -0.3 is 15.5 Å². The largest absolute Gasteiger partial charge is 0.357 e. The fourth-order valence-corrected chi connectivity index (χ4v) is 3.54. The molecule has 136 valence electrons. The highest BCUT2D eigenvalue weighted by atomic mass is 32.2. The van der Waals surface area contributed by atoms with Crippen LogP contribution in [0.5, 0.6) is 0 Å². The minimum Gasteiger partial charge on any atom is -0.357 e. The Morgan fingerprint density at radius 1 is 1.46 bits per heavy atom. The molecule has 0 saturated heterocycles. The number of guanidine groups is 1. The molecule has 8 heteroatoms. The van der Waals surface area contributed by atoms with E-state index in [4.69, 9.17) is 0 Å². The molecule has 0 atom stereocenters. The number of carbonyl (C=O) groups is 1. The minimum absolute atomic E-state index is 0.00470. The molecule has 0 spiro atoms. The second kappa shape index (κ2) is 10.6. The summed E-state index contributed by atoms with van der Waals surface area (Å²) in [5.41, 5.74) is -0.222. The zero-order valence-electron chi connectivity index (χ0n) is 15.3. The van der Waals surface area contributed by atoms with E-state index in [1.165, 1.54) is 0 Å². The Morgan fingerprint density at radius 2 is 2.21 bits per heavy atom. The molecule has 0 radical (unpaired) electrons. The molecule has 0 aliphatic rings. The van der Waals surface area contributed by atoms with E-state index in [0.29, 0.717) is 0 Å². The first-order valence-corrected chi connectivity index (χ1v) is 10.0. The summed E-state index contributed by atoms with van der Waals surface area (Å²) in [6.45, 7) is 9.75. The van der Waals surface area contributed by atoms with Crippen LogP contribution in [0.2, 0.25) is 0 Å². The summed E-state index contributed by atoms with van der Waals surface area (Å²) in [4.78, 5) is 22.8. The van der Waals surface area contributed by atoms with E-state index in [1.54, 1.807) is 23.1 Å². The monoisotopic (exact) mass is 371 g/mol. The van der Waals surface area contributed by atoms with Gasteiger partial charge in [-0.15, -0.1) is 11.3 Å². The van der Waals surface area contributed by atoms with Gasteiger partial charge in [0.15, 0.2) is 5.96 Å². The van der Waals surface area contributed by atoms with Gasteiger partial charge in [0.05, 0.1) is 6.54 Å². The lowest BCUT2D eigenvalue weighted by Gasteiger charge is -2.25. The van der Waals surface area contributed by atoms with Crippen LogP contribution < -0.4 is 10.6 Å². The van der Waals surface area contributed by atoms with E-state index in [-0.39, 0.29) is 18.0 Å². The molecular formula is C16H29N5OS2. The number of nitrogens with zero attached hydrogens (tertiary/aromatic N) is 3. The number of thiazole rings is 1. The second-order valence-corrected chi connectivity index (χ2v) is 8.63. The summed E-state index contributed by atoms with van der Waals surface area (Å²) in [7, 11) is 1.88. The Hall–Kier alpha value is -1.28. The number of hydrogen-bond donors (Lipinski definition) is 2. The molecule has 0 fully saturated rings. The number of rotatable bonds is 8. The SMILES string of the molecule is CCNC(=NCCCSc1nccs1)N(C)CC(=O)NC(C)(C)C. The zero-order valence-corrected chi connectivity index (χ0v) is 16.9. The third-order valence-corrected chi connectivity index (χ3v) is 4.84. The van der Waals surface area contributed by atoms with Gasteiger partial charge in [0.25, 0.3) is 0 Å². The van der Waals surface area contributed by atoms with Crippen molar-refractivity contribution in [1.82, 2.24) is 20.5 Å². The van der Waals surface area contributed by atoms with Crippen LogP contribution in [0, 0.1) is 0 Å². The second-order valence-electron chi connectivity index (χ2n) is 6.39. The Balaban J connectivity index is 2.40. The maximum atomic E-state index is 12.0. The number of carbonyl (C=O) groups excluding carboxylic acids is 1. The number of nitrogens with one attached hydrogen (secondary N) is 2. The van der Waals surface area contributed by atoms with Crippen molar-refractivity contribution < 1.29 is 4.79 Å². The average Bonchev–Trinajstić information content (AvgIpc) is 2.96. The molecule has 0 saturated carbocycles. The average molecular weight is 372 g/mol. The Labute approximate surface area is 153 Å². The summed E-state index contributed by atoms with van der Waals surface area (Å²) in [6.07, 6.45) is 2.80. The van der Waals surface area contributed by atoms with Crippen molar-refractivity contribution >= 4 is 35.0 Å². The molecule has 1 heterocycles. The lowest BCUT2D eigenvalue weighted by molar-refractivity contribution is -0.122. The van der Waals surface area contributed by atoms with Crippen LogP contribution in [0.3, 0.4) is 0 Å². The highest BCUT2D eigenvalue weighted by Gasteiger charge is 2.16. The number of amides is 1. The van der Waals surface area contributed by atoms with Crippen LogP contribution in [0.25, 0.3) is 0 Å². The molecule has 0 aromatic carbocycles. The molecule has 0 bridgehead atoms. The van der Waals surface area contributed by atoms with E-state index in [0.717, 1.165) is 35.6 Å². The predicted molar refractivity (Wildman–Crippen MR) is 104 cm³/mol. The molecular weight excluding hydrogens is 342 g/mol. The van der Waals surface area contributed by atoms with E-state index in [1.807, 2.05) is 51.2 Å². The molecule has 2 N–H and O–H groups in total. The van der Waals surface area contributed by atoms with Gasteiger partial charge in [0.1, 0.15) is 4.34 Å². The van der Waals surface area contributed by atoms with Crippen molar-refractivity contribution in [2.75, 3.05) is 32.4 Å². The van der Waals surface area contributed by atoms with Crippen molar-refractivity contribution in [1.29, 1.82) is 0 Å². The van der Waals surface area contributed by atoms with Gasteiger partial charge in [-0.05, 0) is 34.1 Å². The smallest absolute Gasteiger partial charge is 0.240 e. The predicted octanol–water partition coefficient (Wildman–Crippen LogP) is 2.44. The quantitative estimate of drug-likeness (QED) is 0.318. The molecule has 6 nitrogen and oxygen atoms in total. The lowest BCUT2D eigenvalue weighted by atomic mass is 10.1. The maximum Gasteiger partial charge on any atom is 0.240 e. The standard InChI is InChI=1S/C16H29N5OS2/c1-6-17-14(21(5)12-13(22)20-16(2,3)4)18-8-7-10-23-15-19-9-11-24-15/h9,11H,6-8,10,12H2,1-5H3,(H,17,18)(H,20,22). The topological polar surface area (TPSA) is 69.6 Å². The summed E-state index contributed by atoms with van der Waals surface area (Å²) in [5, 5.41) is 8.19. The van der Waals surface area contributed by atoms with Crippen molar-refractivity contribution in [3.05, 3.63) is 11.6 Å². The summed E-state index contributed by atoms with van der Waals surface area (Å²) in [5.74, 6) is 1.75. The lowest BCUT2D eigenvalue weighted by Crippen LogP contribution is -2.48. The third kappa shape index (κ3) is 9.12. The molecule has 24 heavy (non-hydrogen) atoms. The number of aromatic nitrogens is 1. The van der Waals surface area contributed by atoms with Crippen LogP contribution in [-0.2, 0) is 4.79 Å². The molecule has 0 unspecified atom stereocenters. The van der Waals surface area contributed by atoms with Crippen LogP contribution in [-0.4, -0.2) is 59.7 Å². The molecule has 1 amide bonds. The van der Waals surface area contributed by atoms with Crippen molar-refractivity contribution in [3.8, 4) is 0 Å². The Morgan fingerprint density at radius 3 is 2.79 bits per heavy atom. The number of aliphatic imine (C=N–C) groups is 1. The van der Waals surface area contributed by atoms with Crippen molar-refractivity contribution in [3.63, 3.8) is 0 Å². The van der Waals surface area contributed by atoms with Gasteiger partial charge in [0.2, 0.25) is 5.91 Å². The first kappa shape index (κ1) is 20.8. The number of thioether (sulfide) groups is 1. The molecule has 1 aromatic rings. The first-order chi connectivity index (χ1) is 11.3. The molecule has 1 rings (SSSR count). The molecule has 1 aromatic heterocycles. The van der Waals surface area contributed by atoms with Crippen LogP contribution >= 0.6 is 23.1 Å². The van der Waals surface area contributed by atoms with E-state index in [2.05, 4.69) is 20.6 Å². The Bertz CT molecular complexity index is 511. The van der Waals surface area contributed by atoms with Crippen molar-refractivity contribution in [2.24, 2.45) is 4.99 Å². The van der Waals surface area contributed by atoms with Crippen molar-refractivity contribution in [2.45, 2.75) is 44.0 Å². The highest BCUT2D eigenvalue weighted by Crippen LogP contribution is 2.20. The fraction of sp³-hybridized carbons (Fsp3) is 0.688. The number of hydrogen-bond acceptors (Lipinski definition) is 5. The van der Waals surface area contributed by atoms with Crippen LogP contribution in [0.1, 0.15) is 34.1 Å². The van der Waals surface area contributed by atoms with Crippen LogP contribution in [0.4, 0.5) is 0 Å². The van der Waals surface area contributed by atoms with Crippen LogP contribution in [0.15, 0.2) is 20.9 Å². The summed E-state index contributed by atoms with van der Waals surface area (Å²) >= 11 is 3.42. The van der Waals surface area contributed by atoms with Gasteiger partial charge in [-0.1, -0.05) is 11.8 Å². The van der Waals surface area contributed by atoms with E-state index in [9.17, 15) is 4.79 Å². The van der Waals surface area contributed by atoms with Gasteiger partial charge in [-0.3, -0.25) is 9.79 Å². The normalized spacial score (nSPS) is 12.1. The fourth-order valence-electron chi connectivity index (χ4n) is 1.91. The maximum absolute atomic E-state index is 12.0. The minimum atomic E-state index is -0.222. The van der Waals surface area contributed by atoms with Gasteiger partial charge in [-0.25, -0.2) is 4.98 Å². The molecule has 0 aliphatic carbocycles. The summed E-state index contributed by atoms with van der Waals surface area (Å²) < 4.78 is 1.10. The highest BCUT2D eigenvalue weighted by molar-refractivity contribution is 8.00. The van der Waals surface area contributed by atoms with E-state index >= 15 is 0 Å². The first-order valence-electron chi connectivity index (χ1n) is 8.14. The Kier molecular flexibility index (Phi) is 9.13. The van der Waals surface area contributed by atoms with E-state index < -0.39 is 0 Å². The summed E-state index contributed by atoms with van der Waals surface area (Å²) in [6, 6.07) is 0. The van der Waals surface area contributed by atoms with Gasteiger partial charge in [-0.2, -0.15) is 0 Å². The third-order valence-electron chi connectivity index (χ3n) is 2.79.